The Morgan fingerprint density at radius 3 is 2.66 bits per heavy atom. The molecule has 0 bridgehead atoms. The van der Waals surface area contributed by atoms with Gasteiger partial charge in [-0.1, -0.05) is 41.4 Å². The van der Waals surface area contributed by atoms with Crippen molar-refractivity contribution in [2.75, 3.05) is 13.7 Å². The number of rotatable bonds is 9. The maximum Gasteiger partial charge on any atom is 0.344 e. The summed E-state index contributed by atoms with van der Waals surface area (Å²) < 4.78 is 18.3. The SMILES string of the molecule is CC[C@@H](C)c1nc2ccc(Br)cc2c(=O)n1N=Cc1cc(Cl)cc(OC)c1OCC(=O)OC(C)C. The van der Waals surface area contributed by atoms with Gasteiger partial charge in [0.1, 0.15) is 5.82 Å². The molecule has 0 amide bonds. The quantitative estimate of drug-likeness (QED) is 0.250. The average molecular weight is 565 g/mol. The van der Waals surface area contributed by atoms with Gasteiger partial charge in [0.25, 0.3) is 5.56 Å². The number of carbonyl (C=O) groups excluding carboxylic acids is 1. The Morgan fingerprint density at radius 1 is 1.26 bits per heavy atom. The highest BCUT2D eigenvalue weighted by Crippen LogP contribution is 2.34. The van der Waals surface area contributed by atoms with Crippen LogP contribution in [0.25, 0.3) is 10.9 Å². The van der Waals surface area contributed by atoms with Crippen LogP contribution < -0.4 is 15.0 Å². The van der Waals surface area contributed by atoms with E-state index in [9.17, 15) is 9.59 Å². The van der Waals surface area contributed by atoms with Gasteiger partial charge in [0.2, 0.25) is 0 Å². The van der Waals surface area contributed by atoms with Crippen molar-refractivity contribution < 1.29 is 19.0 Å². The van der Waals surface area contributed by atoms with Gasteiger partial charge in [0, 0.05) is 27.0 Å². The number of carbonyl (C=O) groups is 1. The molecule has 8 nitrogen and oxygen atoms in total. The predicted molar refractivity (Wildman–Crippen MR) is 140 cm³/mol. The van der Waals surface area contributed by atoms with Crippen LogP contribution in [0.1, 0.15) is 51.4 Å². The summed E-state index contributed by atoms with van der Waals surface area (Å²) in [5, 5.41) is 5.27. The van der Waals surface area contributed by atoms with E-state index in [0.29, 0.717) is 33.1 Å². The molecular formula is C25H27BrClN3O5. The third kappa shape index (κ3) is 6.41. The highest BCUT2D eigenvalue weighted by atomic mass is 79.9. The second-order valence-corrected chi connectivity index (χ2v) is 9.51. The van der Waals surface area contributed by atoms with Crippen molar-refractivity contribution in [3.05, 3.63) is 61.6 Å². The zero-order valence-electron chi connectivity index (χ0n) is 20.2. The number of aromatic nitrogens is 2. The van der Waals surface area contributed by atoms with Crippen LogP contribution in [0.15, 0.2) is 44.7 Å². The van der Waals surface area contributed by atoms with Crippen LogP contribution in [0.4, 0.5) is 0 Å². The number of fused-ring (bicyclic) bond motifs is 1. The maximum absolute atomic E-state index is 13.4. The van der Waals surface area contributed by atoms with Crippen LogP contribution in [-0.2, 0) is 9.53 Å². The molecule has 0 saturated carbocycles. The molecule has 3 aromatic rings. The first-order chi connectivity index (χ1) is 16.6. The topological polar surface area (TPSA) is 92.0 Å². The Bertz CT molecular complexity index is 1320. The van der Waals surface area contributed by atoms with E-state index in [1.165, 1.54) is 18.0 Å². The van der Waals surface area contributed by atoms with Gasteiger partial charge in [0.05, 0.1) is 30.3 Å². The van der Waals surface area contributed by atoms with Gasteiger partial charge < -0.3 is 14.2 Å². The van der Waals surface area contributed by atoms with Crippen molar-refractivity contribution in [1.29, 1.82) is 0 Å². The molecule has 0 spiro atoms. The molecule has 0 N–H and O–H groups in total. The highest BCUT2D eigenvalue weighted by Gasteiger charge is 2.18. The van der Waals surface area contributed by atoms with Gasteiger partial charge in [-0.05, 0) is 44.5 Å². The van der Waals surface area contributed by atoms with Crippen LogP contribution in [-0.4, -0.2) is 41.7 Å². The highest BCUT2D eigenvalue weighted by molar-refractivity contribution is 9.10. The zero-order chi connectivity index (χ0) is 25.7. The van der Waals surface area contributed by atoms with E-state index < -0.39 is 5.97 Å². The first-order valence-corrected chi connectivity index (χ1v) is 12.3. The fourth-order valence-corrected chi connectivity index (χ4v) is 3.90. The number of nitrogens with zero attached hydrogens (tertiary/aromatic N) is 3. The predicted octanol–water partition coefficient (Wildman–Crippen LogP) is 5.55. The summed E-state index contributed by atoms with van der Waals surface area (Å²) in [7, 11) is 1.46. The maximum atomic E-state index is 13.4. The molecule has 0 fully saturated rings. The Kier molecular flexibility index (Phi) is 8.91. The van der Waals surface area contributed by atoms with E-state index in [2.05, 4.69) is 21.0 Å². The summed E-state index contributed by atoms with van der Waals surface area (Å²) in [5.74, 6) is 0.533. The second-order valence-electron chi connectivity index (χ2n) is 8.16. The molecule has 186 valence electrons. The molecule has 0 aliphatic carbocycles. The molecule has 3 rings (SSSR count). The molecule has 0 aliphatic rings. The van der Waals surface area contributed by atoms with Gasteiger partial charge in [-0.15, -0.1) is 0 Å². The summed E-state index contributed by atoms with van der Waals surface area (Å²) in [5.41, 5.74) is 0.708. The Labute approximate surface area is 217 Å². The van der Waals surface area contributed by atoms with Crippen molar-refractivity contribution in [2.24, 2.45) is 5.10 Å². The molecule has 0 saturated heterocycles. The van der Waals surface area contributed by atoms with E-state index in [0.717, 1.165) is 10.9 Å². The number of methoxy groups -OCH3 is 1. The molecule has 2 aromatic carbocycles. The third-order valence-electron chi connectivity index (χ3n) is 5.17. The first kappa shape index (κ1) is 26.7. The van der Waals surface area contributed by atoms with E-state index >= 15 is 0 Å². The molecule has 0 aliphatic heterocycles. The van der Waals surface area contributed by atoms with Crippen LogP contribution in [0, 0.1) is 0 Å². The van der Waals surface area contributed by atoms with Crippen molar-refractivity contribution in [1.82, 2.24) is 9.66 Å². The van der Waals surface area contributed by atoms with Gasteiger partial charge in [-0.2, -0.15) is 9.78 Å². The lowest BCUT2D eigenvalue weighted by Gasteiger charge is -2.16. The van der Waals surface area contributed by atoms with Gasteiger partial charge >= 0.3 is 5.97 Å². The van der Waals surface area contributed by atoms with Crippen molar-refractivity contribution in [3.8, 4) is 11.5 Å². The normalized spacial score (nSPS) is 12.3. The summed E-state index contributed by atoms with van der Waals surface area (Å²) >= 11 is 9.68. The molecule has 1 heterocycles. The summed E-state index contributed by atoms with van der Waals surface area (Å²) in [6, 6.07) is 8.53. The Balaban J connectivity index is 2.11. The number of ether oxygens (including phenoxy) is 3. The fraction of sp³-hybridized carbons (Fsp3) is 0.360. The fourth-order valence-electron chi connectivity index (χ4n) is 3.32. The van der Waals surface area contributed by atoms with Crippen molar-refractivity contribution in [2.45, 2.75) is 46.1 Å². The van der Waals surface area contributed by atoms with Gasteiger partial charge in [0.15, 0.2) is 18.1 Å². The van der Waals surface area contributed by atoms with E-state index in [1.54, 1.807) is 38.1 Å². The number of hydrogen-bond donors (Lipinski definition) is 0. The average Bonchev–Trinajstić information content (AvgIpc) is 2.81. The smallest absolute Gasteiger partial charge is 0.344 e. The largest absolute Gasteiger partial charge is 0.493 e. The summed E-state index contributed by atoms with van der Waals surface area (Å²) in [6.45, 7) is 7.17. The van der Waals surface area contributed by atoms with Crippen LogP contribution in [0.2, 0.25) is 5.02 Å². The Hall–Kier alpha value is -2.91. The number of hydrogen-bond acceptors (Lipinski definition) is 7. The minimum absolute atomic E-state index is 0.0247. The minimum atomic E-state index is -0.528. The lowest BCUT2D eigenvalue weighted by Crippen LogP contribution is -2.24. The van der Waals surface area contributed by atoms with Gasteiger partial charge in [-0.25, -0.2) is 9.78 Å². The van der Waals surface area contributed by atoms with E-state index in [-0.39, 0.29) is 29.9 Å². The molecular weight excluding hydrogens is 538 g/mol. The molecule has 10 heteroatoms. The molecule has 0 unspecified atom stereocenters. The Morgan fingerprint density at radius 2 is 2.00 bits per heavy atom. The summed E-state index contributed by atoms with van der Waals surface area (Å²) in [4.78, 5) is 30.1. The molecule has 1 aromatic heterocycles. The minimum Gasteiger partial charge on any atom is -0.493 e. The number of halogens is 2. The van der Waals surface area contributed by atoms with Crippen LogP contribution >= 0.6 is 27.5 Å². The van der Waals surface area contributed by atoms with Crippen molar-refractivity contribution >= 4 is 50.6 Å². The first-order valence-electron chi connectivity index (χ1n) is 11.1. The van der Waals surface area contributed by atoms with E-state index in [1.807, 2.05) is 19.9 Å². The molecule has 35 heavy (non-hydrogen) atoms. The third-order valence-corrected chi connectivity index (χ3v) is 5.88. The standard InChI is InChI=1S/C25H27BrClN3O5/c1-6-15(4)24-29-20-8-7-17(26)10-19(20)25(32)30(24)28-12-16-9-18(27)11-21(33-5)23(16)34-13-22(31)35-14(2)3/h7-12,14-15H,6,13H2,1-5H3/t15-/m1/s1. The monoisotopic (exact) mass is 563 g/mol. The lowest BCUT2D eigenvalue weighted by molar-refractivity contribution is -0.149. The van der Waals surface area contributed by atoms with Crippen molar-refractivity contribution in [3.63, 3.8) is 0 Å². The van der Waals surface area contributed by atoms with E-state index in [4.69, 9.17) is 30.8 Å². The second kappa shape index (κ2) is 11.7. The summed E-state index contributed by atoms with van der Waals surface area (Å²) in [6.07, 6.45) is 1.93. The molecule has 0 radical (unpaired) electrons. The van der Waals surface area contributed by atoms with Crippen LogP contribution in [0.3, 0.4) is 0 Å². The van der Waals surface area contributed by atoms with Crippen LogP contribution in [0.5, 0.6) is 11.5 Å². The molecule has 1 atom stereocenters. The zero-order valence-corrected chi connectivity index (χ0v) is 22.5. The number of benzene rings is 2. The number of esters is 1. The lowest BCUT2D eigenvalue weighted by atomic mass is 10.1. The van der Waals surface area contributed by atoms with Gasteiger partial charge in [-0.3, -0.25) is 4.79 Å².